The highest BCUT2D eigenvalue weighted by Crippen LogP contribution is 2.36. The molecule has 0 N–H and O–H groups in total. The summed E-state index contributed by atoms with van der Waals surface area (Å²) in [6.45, 7) is 10.6. The molecule has 12 heavy (non-hydrogen) atoms. The Labute approximate surface area is 82.3 Å². The maximum Gasteiger partial charge on any atom is 0.115 e. The van der Waals surface area contributed by atoms with Gasteiger partial charge in [-0.15, -0.1) is 0 Å². The van der Waals surface area contributed by atoms with Crippen LogP contribution < -0.4 is 0 Å². The second-order valence-electron chi connectivity index (χ2n) is 4.15. The van der Waals surface area contributed by atoms with Gasteiger partial charge in [-0.05, 0) is 35.2 Å². The van der Waals surface area contributed by atoms with Crippen LogP contribution in [0, 0.1) is 13.8 Å². The number of halogens is 1. The van der Waals surface area contributed by atoms with E-state index < -0.39 is 0 Å². The van der Waals surface area contributed by atoms with Crippen LogP contribution in [0.25, 0.3) is 0 Å². The van der Waals surface area contributed by atoms with E-state index >= 15 is 0 Å². The van der Waals surface area contributed by atoms with Crippen molar-refractivity contribution >= 4 is 15.9 Å². The van der Waals surface area contributed by atoms with Gasteiger partial charge in [0.2, 0.25) is 0 Å². The van der Waals surface area contributed by atoms with Crippen molar-refractivity contribution in [1.29, 1.82) is 0 Å². The van der Waals surface area contributed by atoms with Crippen LogP contribution in [0.5, 0.6) is 0 Å². The van der Waals surface area contributed by atoms with E-state index in [1.165, 1.54) is 5.56 Å². The Hall–Kier alpha value is -0.240. The van der Waals surface area contributed by atoms with Gasteiger partial charge in [0, 0.05) is 5.56 Å². The minimum atomic E-state index is 0.153. The zero-order valence-corrected chi connectivity index (χ0v) is 9.87. The fourth-order valence-electron chi connectivity index (χ4n) is 1.51. The van der Waals surface area contributed by atoms with Crippen molar-refractivity contribution in [2.45, 2.75) is 40.0 Å². The average Bonchev–Trinajstić information content (AvgIpc) is 2.05. The van der Waals surface area contributed by atoms with Gasteiger partial charge < -0.3 is 4.42 Å². The molecule has 68 valence electrons. The molecule has 0 saturated carbocycles. The van der Waals surface area contributed by atoms with Crippen LogP contribution >= 0.6 is 15.9 Å². The van der Waals surface area contributed by atoms with Gasteiger partial charge in [-0.25, -0.2) is 0 Å². The summed E-state index contributed by atoms with van der Waals surface area (Å²) in [4.78, 5) is 0. The Balaban J connectivity index is 3.32. The first-order valence-corrected chi connectivity index (χ1v) is 4.89. The van der Waals surface area contributed by atoms with Gasteiger partial charge in [-0.3, -0.25) is 0 Å². The molecule has 1 nitrogen and oxygen atoms in total. The summed E-state index contributed by atoms with van der Waals surface area (Å²) in [5.41, 5.74) is 1.43. The fraction of sp³-hybridized carbons (Fsp3) is 0.600. The summed E-state index contributed by atoms with van der Waals surface area (Å²) in [5.74, 6) is 1.99. The summed E-state index contributed by atoms with van der Waals surface area (Å²) in [7, 11) is 0. The van der Waals surface area contributed by atoms with Gasteiger partial charge >= 0.3 is 0 Å². The van der Waals surface area contributed by atoms with Crippen LogP contribution in [-0.2, 0) is 5.41 Å². The maximum atomic E-state index is 5.52. The monoisotopic (exact) mass is 230 g/mol. The van der Waals surface area contributed by atoms with Crippen molar-refractivity contribution in [3.05, 3.63) is 21.6 Å². The molecule has 0 fully saturated rings. The lowest BCUT2D eigenvalue weighted by Crippen LogP contribution is -2.11. The molecule has 1 rings (SSSR count). The van der Waals surface area contributed by atoms with E-state index in [1.807, 2.05) is 13.8 Å². The normalized spacial score (nSPS) is 12.2. The lowest BCUT2D eigenvalue weighted by atomic mass is 9.87. The third kappa shape index (κ3) is 1.58. The summed E-state index contributed by atoms with van der Waals surface area (Å²) in [5, 5.41) is 0. The van der Waals surface area contributed by atoms with Crippen LogP contribution in [0.3, 0.4) is 0 Å². The predicted molar refractivity (Wildman–Crippen MR) is 54.6 cm³/mol. The van der Waals surface area contributed by atoms with E-state index in [0.717, 1.165) is 16.0 Å². The van der Waals surface area contributed by atoms with Gasteiger partial charge in [0.25, 0.3) is 0 Å². The Morgan fingerprint density at radius 1 is 1.08 bits per heavy atom. The molecule has 0 atom stereocenters. The van der Waals surface area contributed by atoms with E-state index in [9.17, 15) is 0 Å². The van der Waals surface area contributed by atoms with Crippen molar-refractivity contribution in [3.8, 4) is 0 Å². The average molecular weight is 231 g/mol. The Morgan fingerprint density at radius 3 is 1.75 bits per heavy atom. The molecule has 0 aromatic carbocycles. The molecule has 0 aliphatic heterocycles. The van der Waals surface area contributed by atoms with E-state index in [2.05, 4.69) is 36.7 Å². The largest absolute Gasteiger partial charge is 0.465 e. The van der Waals surface area contributed by atoms with Crippen LogP contribution in [-0.4, -0.2) is 0 Å². The number of hydrogen-bond donors (Lipinski definition) is 0. The lowest BCUT2D eigenvalue weighted by Gasteiger charge is -2.18. The van der Waals surface area contributed by atoms with Crippen molar-refractivity contribution in [3.63, 3.8) is 0 Å². The molecule has 0 bridgehead atoms. The van der Waals surface area contributed by atoms with Crippen molar-refractivity contribution < 1.29 is 4.42 Å². The number of rotatable bonds is 0. The van der Waals surface area contributed by atoms with E-state index in [-0.39, 0.29) is 5.41 Å². The van der Waals surface area contributed by atoms with Crippen LogP contribution in [0.4, 0.5) is 0 Å². The Morgan fingerprint density at radius 2 is 1.58 bits per heavy atom. The van der Waals surface area contributed by atoms with Crippen molar-refractivity contribution in [2.24, 2.45) is 0 Å². The molecule has 0 spiro atoms. The minimum absolute atomic E-state index is 0.153. The molecule has 0 aliphatic carbocycles. The van der Waals surface area contributed by atoms with E-state index in [1.54, 1.807) is 0 Å². The third-order valence-corrected chi connectivity index (χ3v) is 2.89. The quantitative estimate of drug-likeness (QED) is 0.658. The topological polar surface area (TPSA) is 13.1 Å². The van der Waals surface area contributed by atoms with Crippen LogP contribution in [0.15, 0.2) is 8.89 Å². The molecular weight excluding hydrogens is 216 g/mol. The highest BCUT2D eigenvalue weighted by molar-refractivity contribution is 9.10. The Kier molecular flexibility index (Phi) is 2.39. The van der Waals surface area contributed by atoms with Gasteiger partial charge in [-0.2, -0.15) is 0 Å². The van der Waals surface area contributed by atoms with Crippen molar-refractivity contribution in [1.82, 2.24) is 0 Å². The van der Waals surface area contributed by atoms with E-state index in [0.29, 0.717) is 0 Å². The number of aryl methyl sites for hydroxylation is 2. The molecular formula is C10H15BrO. The van der Waals surface area contributed by atoms with Crippen LogP contribution in [0.1, 0.15) is 37.9 Å². The first-order chi connectivity index (χ1) is 5.34. The SMILES string of the molecule is Cc1oc(C)c(C(C)(C)C)c1Br. The molecule has 2 heteroatoms. The second-order valence-corrected chi connectivity index (χ2v) is 4.95. The molecule has 0 aliphatic rings. The summed E-state index contributed by atoms with van der Waals surface area (Å²) in [6.07, 6.45) is 0. The predicted octanol–water partition coefficient (Wildman–Crippen LogP) is 3.96. The summed E-state index contributed by atoms with van der Waals surface area (Å²) in [6, 6.07) is 0. The smallest absolute Gasteiger partial charge is 0.115 e. The summed E-state index contributed by atoms with van der Waals surface area (Å²) >= 11 is 3.54. The van der Waals surface area contributed by atoms with Gasteiger partial charge in [0.1, 0.15) is 11.5 Å². The number of furan rings is 1. The summed E-state index contributed by atoms with van der Waals surface area (Å²) < 4.78 is 6.64. The Bertz CT molecular complexity index is 292. The highest BCUT2D eigenvalue weighted by atomic mass is 79.9. The van der Waals surface area contributed by atoms with Gasteiger partial charge in [0.15, 0.2) is 0 Å². The second kappa shape index (κ2) is 2.91. The standard InChI is InChI=1S/C10H15BrO/c1-6-8(10(3,4)5)9(11)7(2)12-6/h1-5H3. The van der Waals surface area contributed by atoms with Crippen LogP contribution in [0.2, 0.25) is 0 Å². The van der Waals surface area contributed by atoms with Crippen molar-refractivity contribution in [2.75, 3.05) is 0 Å². The molecule has 0 unspecified atom stereocenters. The highest BCUT2D eigenvalue weighted by Gasteiger charge is 2.24. The molecule has 1 aromatic heterocycles. The lowest BCUT2D eigenvalue weighted by molar-refractivity contribution is 0.486. The number of hydrogen-bond acceptors (Lipinski definition) is 1. The first-order valence-electron chi connectivity index (χ1n) is 4.10. The molecule has 0 saturated heterocycles. The first kappa shape index (κ1) is 9.85. The maximum absolute atomic E-state index is 5.52. The molecule has 1 aromatic rings. The van der Waals surface area contributed by atoms with E-state index in [4.69, 9.17) is 4.42 Å². The molecule has 1 heterocycles. The zero-order valence-electron chi connectivity index (χ0n) is 8.29. The fourth-order valence-corrected chi connectivity index (χ4v) is 2.47. The molecule has 0 amide bonds. The van der Waals surface area contributed by atoms with Gasteiger partial charge in [0.05, 0.1) is 4.47 Å². The zero-order chi connectivity index (χ0) is 9.52. The molecule has 0 radical (unpaired) electrons. The van der Waals surface area contributed by atoms with Gasteiger partial charge in [-0.1, -0.05) is 20.8 Å². The third-order valence-electron chi connectivity index (χ3n) is 1.94. The minimum Gasteiger partial charge on any atom is -0.465 e.